The van der Waals surface area contributed by atoms with Gasteiger partial charge in [-0.25, -0.2) is 0 Å². The summed E-state index contributed by atoms with van der Waals surface area (Å²) < 4.78 is 0. The van der Waals surface area contributed by atoms with E-state index in [1.54, 1.807) is 0 Å². The SMILES string of the molecule is CCC(C)Nc1c(C)ccc(N)c1C. The van der Waals surface area contributed by atoms with Crippen molar-refractivity contribution in [3.63, 3.8) is 0 Å². The molecule has 14 heavy (non-hydrogen) atoms. The largest absolute Gasteiger partial charge is 0.398 e. The molecule has 0 amide bonds. The second kappa shape index (κ2) is 4.36. The van der Waals surface area contributed by atoms with E-state index in [1.807, 2.05) is 6.07 Å². The van der Waals surface area contributed by atoms with Crippen LogP contribution < -0.4 is 11.1 Å². The molecule has 0 saturated heterocycles. The monoisotopic (exact) mass is 192 g/mol. The first kappa shape index (κ1) is 10.9. The smallest absolute Gasteiger partial charge is 0.0422 e. The Hall–Kier alpha value is -1.18. The lowest BCUT2D eigenvalue weighted by molar-refractivity contribution is 0.762. The minimum atomic E-state index is 0.495. The van der Waals surface area contributed by atoms with Gasteiger partial charge >= 0.3 is 0 Å². The van der Waals surface area contributed by atoms with Gasteiger partial charge in [0.2, 0.25) is 0 Å². The number of hydrogen-bond donors (Lipinski definition) is 2. The highest BCUT2D eigenvalue weighted by Gasteiger charge is 2.07. The Bertz CT molecular complexity index is 318. The minimum absolute atomic E-state index is 0.495. The van der Waals surface area contributed by atoms with Crippen LogP contribution in [0.2, 0.25) is 0 Å². The van der Waals surface area contributed by atoms with Gasteiger partial charge in [0.1, 0.15) is 0 Å². The number of aryl methyl sites for hydroxylation is 1. The topological polar surface area (TPSA) is 38.0 Å². The van der Waals surface area contributed by atoms with E-state index in [2.05, 4.69) is 39.1 Å². The van der Waals surface area contributed by atoms with Gasteiger partial charge in [0.05, 0.1) is 0 Å². The van der Waals surface area contributed by atoms with Crippen LogP contribution in [-0.2, 0) is 0 Å². The maximum atomic E-state index is 5.87. The normalized spacial score (nSPS) is 12.6. The second-order valence-corrected chi connectivity index (χ2v) is 3.93. The van der Waals surface area contributed by atoms with E-state index in [4.69, 9.17) is 5.73 Å². The number of nitrogens with one attached hydrogen (secondary N) is 1. The Morgan fingerprint density at radius 3 is 2.57 bits per heavy atom. The van der Waals surface area contributed by atoms with Gasteiger partial charge in [0.15, 0.2) is 0 Å². The Kier molecular flexibility index (Phi) is 3.39. The molecule has 0 fully saturated rings. The molecule has 1 unspecified atom stereocenters. The number of nitrogen functional groups attached to an aromatic ring is 1. The van der Waals surface area contributed by atoms with E-state index in [9.17, 15) is 0 Å². The zero-order valence-corrected chi connectivity index (χ0v) is 9.52. The number of anilines is 2. The molecule has 3 N–H and O–H groups in total. The van der Waals surface area contributed by atoms with Gasteiger partial charge in [0, 0.05) is 17.4 Å². The predicted molar refractivity (Wildman–Crippen MR) is 63.7 cm³/mol. The summed E-state index contributed by atoms with van der Waals surface area (Å²) in [4.78, 5) is 0. The third-order valence-corrected chi connectivity index (χ3v) is 2.72. The van der Waals surface area contributed by atoms with Crippen LogP contribution in [0.4, 0.5) is 11.4 Å². The fraction of sp³-hybridized carbons (Fsp3) is 0.500. The second-order valence-electron chi connectivity index (χ2n) is 3.93. The van der Waals surface area contributed by atoms with Gasteiger partial charge in [0.25, 0.3) is 0 Å². The van der Waals surface area contributed by atoms with Gasteiger partial charge in [-0.15, -0.1) is 0 Å². The van der Waals surface area contributed by atoms with Crippen LogP contribution in [0.15, 0.2) is 12.1 Å². The molecule has 0 aromatic heterocycles. The third-order valence-electron chi connectivity index (χ3n) is 2.72. The van der Waals surface area contributed by atoms with E-state index in [0.717, 1.165) is 17.7 Å². The average molecular weight is 192 g/mol. The van der Waals surface area contributed by atoms with Crippen molar-refractivity contribution in [3.05, 3.63) is 23.3 Å². The number of rotatable bonds is 3. The highest BCUT2D eigenvalue weighted by molar-refractivity contribution is 5.67. The van der Waals surface area contributed by atoms with Crippen molar-refractivity contribution < 1.29 is 0 Å². The van der Waals surface area contributed by atoms with Crippen molar-refractivity contribution in [1.82, 2.24) is 0 Å². The van der Waals surface area contributed by atoms with Crippen molar-refractivity contribution in [3.8, 4) is 0 Å². The molecule has 2 nitrogen and oxygen atoms in total. The molecule has 1 aromatic carbocycles. The van der Waals surface area contributed by atoms with E-state index in [-0.39, 0.29) is 0 Å². The number of benzene rings is 1. The summed E-state index contributed by atoms with van der Waals surface area (Å²) in [7, 11) is 0. The van der Waals surface area contributed by atoms with E-state index < -0.39 is 0 Å². The molecule has 1 rings (SSSR count). The lowest BCUT2D eigenvalue weighted by Crippen LogP contribution is -2.15. The van der Waals surface area contributed by atoms with Crippen molar-refractivity contribution in [1.29, 1.82) is 0 Å². The standard InChI is InChI=1S/C12H20N2/c1-5-9(3)14-12-8(2)6-7-11(13)10(12)4/h6-7,9,14H,5,13H2,1-4H3. The first-order valence-corrected chi connectivity index (χ1v) is 5.18. The number of nitrogens with two attached hydrogens (primary N) is 1. The van der Waals surface area contributed by atoms with Crippen LogP contribution in [-0.4, -0.2) is 6.04 Å². The van der Waals surface area contributed by atoms with Crippen LogP contribution in [0.3, 0.4) is 0 Å². The van der Waals surface area contributed by atoms with Crippen LogP contribution in [0.25, 0.3) is 0 Å². The van der Waals surface area contributed by atoms with Crippen molar-refractivity contribution >= 4 is 11.4 Å². The van der Waals surface area contributed by atoms with Gasteiger partial charge in [-0.05, 0) is 44.4 Å². The van der Waals surface area contributed by atoms with E-state index in [0.29, 0.717) is 6.04 Å². The summed E-state index contributed by atoms with van der Waals surface area (Å²) in [6, 6.07) is 4.52. The molecule has 2 heteroatoms. The Morgan fingerprint density at radius 2 is 2.00 bits per heavy atom. The van der Waals surface area contributed by atoms with Crippen LogP contribution >= 0.6 is 0 Å². The maximum Gasteiger partial charge on any atom is 0.0422 e. The van der Waals surface area contributed by atoms with Crippen molar-refractivity contribution in [2.45, 2.75) is 40.2 Å². The predicted octanol–water partition coefficient (Wildman–Crippen LogP) is 3.10. The molecule has 0 heterocycles. The van der Waals surface area contributed by atoms with E-state index >= 15 is 0 Å². The fourth-order valence-corrected chi connectivity index (χ4v) is 1.43. The van der Waals surface area contributed by atoms with Crippen LogP contribution in [0, 0.1) is 13.8 Å². The van der Waals surface area contributed by atoms with Crippen LogP contribution in [0.1, 0.15) is 31.4 Å². The number of hydrogen-bond acceptors (Lipinski definition) is 2. The Morgan fingerprint density at radius 1 is 1.36 bits per heavy atom. The summed E-state index contributed by atoms with van der Waals surface area (Å²) in [6.45, 7) is 8.53. The molecule has 0 aliphatic heterocycles. The zero-order valence-electron chi connectivity index (χ0n) is 9.52. The van der Waals surface area contributed by atoms with Crippen LogP contribution in [0.5, 0.6) is 0 Å². The van der Waals surface area contributed by atoms with Gasteiger partial charge in [-0.2, -0.15) is 0 Å². The first-order valence-electron chi connectivity index (χ1n) is 5.18. The van der Waals surface area contributed by atoms with Gasteiger partial charge in [-0.3, -0.25) is 0 Å². The Balaban J connectivity index is 3.00. The molecular weight excluding hydrogens is 172 g/mol. The maximum absolute atomic E-state index is 5.87. The Labute approximate surface area is 86.5 Å². The highest BCUT2D eigenvalue weighted by atomic mass is 14.9. The van der Waals surface area contributed by atoms with Crippen molar-refractivity contribution in [2.75, 3.05) is 11.1 Å². The molecule has 1 atom stereocenters. The summed E-state index contributed by atoms with van der Waals surface area (Å²) in [5.41, 5.74) is 10.3. The average Bonchev–Trinajstić information content (AvgIpc) is 2.18. The third kappa shape index (κ3) is 2.19. The van der Waals surface area contributed by atoms with Gasteiger partial charge < -0.3 is 11.1 Å². The van der Waals surface area contributed by atoms with Crippen molar-refractivity contribution in [2.24, 2.45) is 0 Å². The molecule has 0 bridgehead atoms. The molecular formula is C12H20N2. The lowest BCUT2D eigenvalue weighted by atomic mass is 10.1. The molecule has 0 spiro atoms. The van der Waals surface area contributed by atoms with E-state index in [1.165, 1.54) is 11.3 Å². The molecule has 0 aliphatic carbocycles. The minimum Gasteiger partial charge on any atom is -0.398 e. The molecule has 78 valence electrons. The summed E-state index contributed by atoms with van der Waals surface area (Å²) in [5.74, 6) is 0. The molecule has 0 radical (unpaired) electrons. The molecule has 0 saturated carbocycles. The molecule has 0 aliphatic rings. The highest BCUT2D eigenvalue weighted by Crippen LogP contribution is 2.25. The summed E-state index contributed by atoms with van der Waals surface area (Å²) >= 11 is 0. The quantitative estimate of drug-likeness (QED) is 0.722. The fourth-order valence-electron chi connectivity index (χ4n) is 1.43. The zero-order chi connectivity index (χ0) is 10.7. The summed E-state index contributed by atoms with van der Waals surface area (Å²) in [5, 5.41) is 3.49. The molecule has 1 aromatic rings. The first-order chi connectivity index (χ1) is 6.56. The summed E-state index contributed by atoms with van der Waals surface area (Å²) in [6.07, 6.45) is 1.12. The lowest BCUT2D eigenvalue weighted by Gasteiger charge is -2.18. The van der Waals surface area contributed by atoms with Gasteiger partial charge in [-0.1, -0.05) is 13.0 Å².